The van der Waals surface area contributed by atoms with Gasteiger partial charge in [-0.15, -0.1) is 11.3 Å². The van der Waals surface area contributed by atoms with E-state index in [-0.39, 0.29) is 5.91 Å². The van der Waals surface area contributed by atoms with Crippen molar-refractivity contribution in [3.63, 3.8) is 0 Å². The van der Waals surface area contributed by atoms with Crippen LogP contribution in [0.3, 0.4) is 0 Å². The fourth-order valence-electron chi connectivity index (χ4n) is 3.17. The maximum absolute atomic E-state index is 13.0. The zero-order chi connectivity index (χ0) is 26.1. The molecule has 0 bridgehead atoms. The molecule has 1 aromatic heterocycles. The molecule has 0 radical (unpaired) electrons. The van der Waals surface area contributed by atoms with E-state index in [2.05, 4.69) is 20.9 Å². The van der Waals surface area contributed by atoms with Crippen LogP contribution in [0.5, 0.6) is 0 Å². The highest BCUT2D eigenvalue weighted by atomic mass is 32.2. The van der Waals surface area contributed by atoms with Crippen molar-refractivity contribution in [2.75, 3.05) is 22.6 Å². The molecule has 0 fully saturated rings. The summed E-state index contributed by atoms with van der Waals surface area (Å²) in [4.78, 5) is 42.6. The summed E-state index contributed by atoms with van der Waals surface area (Å²) in [7, 11) is 0. The van der Waals surface area contributed by atoms with Gasteiger partial charge in [0.25, 0.3) is 5.91 Å². The maximum Gasteiger partial charge on any atom is 0.412 e. The molecule has 36 heavy (non-hydrogen) atoms. The zero-order valence-electron chi connectivity index (χ0n) is 20.7. The number of rotatable bonds is 9. The van der Waals surface area contributed by atoms with E-state index in [4.69, 9.17) is 4.74 Å². The highest BCUT2D eigenvalue weighted by Crippen LogP contribution is 2.25. The molecule has 3 N–H and O–H groups in total. The lowest BCUT2D eigenvalue weighted by molar-refractivity contribution is -0.118. The summed E-state index contributed by atoms with van der Waals surface area (Å²) < 4.78 is 5.26. The number of carbonyl (C=O) groups excluding carboxylic acids is 3. The van der Waals surface area contributed by atoms with Gasteiger partial charge in [-0.2, -0.15) is 11.8 Å². The Morgan fingerprint density at radius 2 is 1.81 bits per heavy atom. The largest absolute Gasteiger partial charge is 0.444 e. The topological polar surface area (TPSA) is 109 Å². The number of anilines is 2. The number of ether oxygens (including phenoxy) is 1. The van der Waals surface area contributed by atoms with Crippen molar-refractivity contribution in [1.29, 1.82) is 0 Å². The smallest absolute Gasteiger partial charge is 0.412 e. The van der Waals surface area contributed by atoms with Crippen molar-refractivity contribution in [2.45, 2.75) is 38.8 Å². The van der Waals surface area contributed by atoms with Crippen LogP contribution in [-0.2, 0) is 9.53 Å². The van der Waals surface area contributed by atoms with Crippen LogP contribution in [0.2, 0.25) is 0 Å². The summed E-state index contributed by atoms with van der Waals surface area (Å²) in [6.07, 6.45) is 1.77. The van der Waals surface area contributed by atoms with Gasteiger partial charge < -0.3 is 15.4 Å². The molecule has 0 aliphatic rings. The average molecular weight is 527 g/mol. The third-order valence-electron chi connectivity index (χ3n) is 4.81. The van der Waals surface area contributed by atoms with Crippen LogP contribution in [-0.4, -0.2) is 46.5 Å². The molecule has 0 spiro atoms. The van der Waals surface area contributed by atoms with Gasteiger partial charge in [0.05, 0.1) is 5.69 Å². The van der Waals surface area contributed by atoms with Crippen LogP contribution in [0.1, 0.15) is 37.6 Å². The second kappa shape index (κ2) is 12.5. The van der Waals surface area contributed by atoms with E-state index in [0.29, 0.717) is 28.6 Å². The first-order valence-electron chi connectivity index (χ1n) is 11.4. The van der Waals surface area contributed by atoms with Crippen molar-refractivity contribution < 1.29 is 19.1 Å². The van der Waals surface area contributed by atoms with Gasteiger partial charge in [-0.05, 0) is 57.4 Å². The van der Waals surface area contributed by atoms with E-state index >= 15 is 0 Å². The number of thiazole rings is 1. The van der Waals surface area contributed by atoms with Gasteiger partial charge in [0.15, 0.2) is 5.13 Å². The van der Waals surface area contributed by atoms with Crippen LogP contribution in [0.25, 0.3) is 11.3 Å². The van der Waals surface area contributed by atoms with Crippen LogP contribution in [0.4, 0.5) is 15.6 Å². The lowest BCUT2D eigenvalue weighted by Crippen LogP contribution is -2.44. The van der Waals surface area contributed by atoms with E-state index in [0.717, 1.165) is 11.3 Å². The highest BCUT2D eigenvalue weighted by Gasteiger charge is 2.23. The summed E-state index contributed by atoms with van der Waals surface area (Å²) in [5, 5.41) is 10.6. The summed E-state index contributed by atoms with van der Waals surface area (Å²) in [5.74, 6) is -0.0752. The second-order valence-corrected chi connectivity index (χ2v) is 10.8. The SMILES string of the molecule is CSCC[C@H](NC(=O)c1cccc(NC(=O)OC(C)(C)C)c1)C(=O)Nc1nc(-c2ccccc2)cs1. The molecule has 1 atom stereocenters. The van der Waals surface area contributed by atoms with Gasteiger partial charge in [0.2, 0.25) is 5.91 Å². The van der Waals surface area contributed by atoms with Gasteiger partial charge in [-0.1, -0.05) is 36.4 Å². The lowest BCUT2D eigenvalue weighted by atomic mass is 10.1. The molecule has 8 nitrogen and oxygen atoms in total. The number of benzene rings is 2. The quantitative estimate of drug-likeness (QED) is 0.333. The first kappa shape index (κ1) is 27.2. The monoisotopic (exact) mass is 526 g/mol. The first-order chi connectivity index (χ1) is 17.1. The van der Waals surface area contributed by atoms with Crippen molar-refractivity contribution in [1.82, 2.24) is 10.3 Å². The fraction of sp³-hybridized carbons (Fsp3) is 0.308. The van der Waals surface area contributed by atoms with E-state index in [9.17, 15) is 14.4 Å². The number of carbonyl (C=O) groups is 3. The lowest BCUT2D eigenvalue weighted by Gasteiger charge is -2.20. The number of nitrogens with zero attached hydrogens (tertiary/aromatic N) is 1. The molecule has 0 aliphatic carbocycles. The minimum Gasteiger partial charge on any atom is -0.444 e. The van der Waals surface area contributed by atoms with Crippen molar-refractivity contribution in [3.8, 4) is 11.3 Å². The Labute approximate surface area is 219 Å². The normalized spacial score (nSPS) is 11.9. The fourth-order valence-corrected chi connectivity index (χ4v) is 4.36. The Hall–Kier alpha value is -3.37. The Morgan fingerprint density at radius 1 is 1.06 bits per heavy atom. The van der Waals surface area contributed by atoms with Crippen LogP contribution in [0.15, 0.2) is 60.0 Å². The molecule has 1 heterocycles. The Balaban J connectivity index is 1.66. The van der Waals surface area contributed by atoms with E-state index < -0.39 is 23.6 Å². The molecular weight excluding hydrogens is 496 g/mol. The maximum atomic E-state index is 13.0. The predicted octanol–water partition coefficient (Wildman–Crippen LogP) is 5.65. The van der Waals surface area contributed by atoms with Gasteiger partial charge in [0.1, 0.15) is 11.6 Å². The number of nitrogens with one attached hydrogen (secondary N) is 3. The first-order valence-corrected chi connectivity index (χ1v) is 13.6. The molecule has 0 unspecified atom stereocenters. The molecule has 3 aromatic rings. The summed E-state index contributed by atoms with van der Waals surface area (Å²) >= 11 is 2.91. The summed E-state index contributed by atoms with van der Waals surface area (Å²) in [6, 6.07) is 15.4. The molecular formula is C26H30N4O4S2. The highest BCUT2D eigenvalue weighted by molar-refractivity contribution is 7.98. The Morgan fingerprint density at radius 3 is 2.50 bits per heavy atom. The van der Waals surface area contributed by atoms with Crippen LogP contribution >= 0.6 is 23.1 Å². The molecule has 2 aromatic carbocycles. The van der Waals surface area contributed by atoms with Crippen molar-refractivity contribution in [3.05, 3.63) is 65.5 Å². The number of thioether (sulfide) groups is 1. The molecule has 0 aliphatic heterocycles. The minimum atomic E-state index is -0.753. The molecule has 0 saturated carbocycles. The van der Waals surface area contributed by atoms with Crippen LogP contribution < -0.4 is 16.0 Å². The number of hydrogen-bond donors (Lipinski definition) is 3. The third kappa shape index (κ3) is 8.39. The zero-order valence-corrected chi connectivity index (χ0v) is 22.3. The van der Waals surface area contributed by atoms with Crippen molar-refractivity contribution in [2.24, 2.45) is 0 Å². The summed E-state index contributed by atoms with van der Waals surface area (Å²) in [5.41, 5.74) is 1.82. The molecule has 3 rings (SSSR count). The Kier molecular flexibility index (Phi) is 9.49. The predicted molar refractivity (Wildman–Crippen MR) is 147 cm³/mol. The van der Waals surface area contributed by atoms with E-state index in [1.807, 2.05) is 42.0 Å². The number of amides is 3. The van der Waals surface area contributed by atoms with Gasteiger partial charge in [-0.3, -0.25) is 14.9 Å². The van der Waals surface area contributed by atoms with Gasteiger partial charge in [0, 0.05) is 22.2 Å². The third-order valence-corrected chi connectivity index (χ3v) is 6.21. The number of aromatic nitrogens is 1. The van der Waals surface area contributed by atoms with E-state index in [1.165, 1.54) is 17.4 Å². The minimum absolute atomic E-state index is 0.311. The Bertz CT molecular complexity index is 1190. The molecule has 190 valence electrons. The average Bonchev–Trinajstić information content (AvgIpc) is 3.29. The number of hydrogen-bond acceptors (Lipinski definition) is 7. The van der Waals surface area contributed by atoms with E-state index in [1.54, 1.807) is 50.7 Å². The molecule has 0 saturated heterocycles. The van der Waals surface area contributed by atoms with Gasteiger partial charge in [-0.25, -0.2) is 9.78 Å². The standard InChI is InChI=1S/C26H30N4O4S2/c1-26(2,3)34-25(33)27-19-12-8-11-18(15-19)22(31)28-20(13-14-35-4)23(32)30-24-29-21(16-36-24)17-9-6-5-7-10-17/h5-12,15-16,20H,13-14H2,1-4H3,(H,27,33)(H,28,31)(H,29,30,32)/t20-/m0/s1. The van der Waals surface area contributed by atoms with Gasteiger partial charge >= 0.3 is 6.09 Å². The molecule has 3 amide bonds. The van der Waals surface area contributed by atoms with Crippen LogP contribution in [0, 0.1) is 0 Å². The second-order valence-electron chi connectivity index (χ2n) is 8.91. The van der Waals surface area contributed by atoms with Crippen molar-refractivity contribution >= 4 is 51.8 Å². The summed E-state index contributed by atoms with van der Waals surface area (Å²) in [6.45, 7) is 5.30. The molecule has 10 heteroatoms.